The van der Waals surface area contributed by atoms with Crippen molar-refractivity contribution in [2.75, 3.05) is 34.4 Å². The van der Waals surface area contributed by atoms with Gasteiger partial charge in [-0.1, -0.05) is 20.8 Å². The molecule has 0 saturated heterocycles. The highest BCUT2D eigenvalue weighted by Crippen LogP contribution is 2.38. The largest absolute Gasteiger partial charge is 0.493 e. The normalized spacial score (nSPS) is 11.9. The van der Waals surface area contributed by atoms with Gasteiger partial charge in [0.05, 0.1) is 27.9 Å². The Kier molecular flexibility index (Phi) is 8.38. The fourth-order valence-corrected chi connectivity index (χ4v) is 2.29. The zero-order chi connectivity index (χ0) is 18.9. The summed E-state index contributed by atoms with van der Waals surface area (Å²) in [5, 5.41) is 6.65. The third-order valence-electron chi connectivity index (χ3n) is 3.66. The molecule has 2 N–H and O–H groups in total. The topological polar surface area (TPSA) is 64.1 Å². The van der Waals surface area contributed by atoms with E-state index in [1.807, 2.05) is 12.1 Å². The lowest BCUT2D eigenvalue weighted by Crippen LogP contribution is -2.38. The van der Waals surface area contributed by atoms with Crippen LogP contribution in [0.5, 0.6) is 17.2 Å². The van der Waals surface area contributed by atoms with E-state index in [9.17, 15) is 0 Å². The van der Waals surface area contributed by atoms with Crippen LogP contribution in [0.2, 0.25) is 0 Å². The predicted molar refractivity (Wildman–Crippen MR) is 103 cm³/mol. The highest BCUT2D eigenvalue weighted by molar-refractivity contribution is 5.79. The van der Waals surface area contributed by atoms with E-state index in [0.717, 1.165) is 31.0 Å². The molecule has 25 heavy (non-hydrogen) atoms. The molecule has 0 saturated carbocycles. The molecule has 1 rings (SSSR count). The fraction of sp³-hybridized carbons (Fsp3) is 0.632. The first-order chi connectivity index (χ1) is 11.8. The summed E-state index contributed by atoms with van der Waals surface area (Å²) in [6.07, 6.45) is 1.07. The molecule has 6 nitrogen and oxygen atoms in total. The van der Waals surface area contributed by atoms with Crippen LogP contribution in [0.4, 0.5) is 0 Å². The number of aliphatic imine (C=N–C) groups is 1. The van der Waals surface area contributed by atoms with E-state index in [1.165, 1.54) is 0 Å². The Morgan fingerprint density at radius 1 is 1.00 bits per heavy atom. The van der Waals surface area contributed by atoms with Gasteiger partial charge in [0, 0.05) is 13.1 Å². The van der Waals surface area contributed by atoms with Gasteiger partial charge in [-0.25, -0.2) is 4.99 Å². The van der Waals surface area contributed by atoms with Crippen molar-refractivity contribution in [3.05, 3.63) is 17.7 Å². The van der Waals surface area contributed by atoms with Crippen molar-refractivity contribution in [1.82, 2.24) is 10.6 Å². The van der Waals surface area contributed by atoms with E-state index in [-0.39, 0.29) is 0 Å². The van der Waals surface area contributed by atoms with Crippen molar-refractivity contribution in [3.63, 3.8) is 0 Å². The molecule has 0 aliphatic carbocycles. The van der Waals surface area contributed by atoms with E-state index in [2.05, 4.69) is 43.3 Å². The summed E-state index contributed by atoms with van der Waals surface area (Å²) in [5.74, 6) is 2.67. The quantitative estimate of drug-likeness (QED) is 0.556. The summed E-state index contributed by atoms with van der Waals surface area (Å²) < 4.78 is 16.1. The van der Waals surface area contributed by atoms with Gasteiger partial charge in [-0.3, -0.25) is 0 Å². The Bertz CT molecular complexity index is 541. The Morgan fingerprint density at radius 3 is 2.04 bits per heavy atom. The number of hydrogen-bond acceptors (Lipinski definition) is 4. The second kappa shape index (κ2) is 10.0. The van der Waals surface area contributed by atoms with Gasteiger partial charge in [-0.05, 0) is 36.5 Å². The number of methoxy groups -OCH3 is 3. The lowest BCUT2D eigenvalue weighted by molar-refractivity contribution is 0.324. The Labute approximate surface area is 152 Å². The summed E-state index contributed by atoms with van der Waals surface area (Å²) in [6.45, 7) is 11.0. The smallest absolute Gasteiger partial charge is 0.203 e. The number of hydrogen-bond donors (Lipinski definition) is 2. The first-order valence-corrected chi connectivity index (χ1v) is 8.65. The zero-order valence-corrected chi connectivity index (χ0v) is 16.7. The molecule has 142 valence electrons. The molecule has 0 fully saturated rings. The molecule has 0 heterocycles. The van der Waals surface area contributed by atoms with E-state index in [1.54, 1.807) is 21.3 Å². The Hall–Kier alpha value is -2.11. The Morgan fingerprint density at radius 2 is 1.60 bits per heavy atom. The summed E-state index contributed by atoms with van der Waals surface area (Å²) in [6, 6.07) is 3.84. The maximum Gasteiger partial charge on any atom is 0.203 e. The summed E-state index contributed by atoms with van der Waals surface area (Å²) in [4.78, 5) is 4.65. The van der Waals surface area contributed by atoms with Crippen LogP contribution in [0.1, 0.15) is 39.7 Å². The number of rotatable bonds is 8. The molecule has 0 aliphatic heterocycles. The minimum absolute atomic E-state index is 0.293. The summed E-state index contributed by atoms with van der Waals surface area (Å²) in [7, 11) is 4.82. The molecular weight excluding hydrogens is 318 g/mol. The van der Waals surface area contributed by atoms with Crippen molar-refractivity contribution in [3.8, 4) is 17.2 Å². The molecule has 6 heteroatoms. The minimum Gasteiger partial charge on any atom is -0.493 e. The highest BCUT2D eigenvalue weighted by atomic mass is 16.5. The molecule has 0 unspecified atom stereocenters. The number of ether oxygens (including phenoxy) is 3. The molecule has 0 aliphatic rings. The number of benzene rings is 1. The molecule has 0 atom stereocenters. The molecular formula is C19H33N3O3. The van der Waals surface area contributed by atoms with Gasteiger partial charge < -0.3 is 24.8 Å². The monoisotopic (exact) mass is 351 g/mol. The zero-order valence-electron chi connectivity index (χ0n) is 16.7. The van der Waals surface area contributed by atoms with E-state index in [0.29, 0.717) is 29.2 Å². The maximum atomic E-state index is 5.39. The van der Waals surface area contributed by atoms with E-state index in [4.69, 9.17) is 14.2 Å². The summed E-state index contributed by atoms with van der Waals surface area (Å²) in [5.41, 5.74) is 1.28. The summed E-state index contributed by atoms with van der Waals surface area (Å²) >= 11 is 0. The molecule has 0 amide bonds. The highest BCUT2D eigenvalue weighted by Gasteiger charge is 2.13. The molecule has 1 aromatic rings. The number of nitrogens with zero attached hydrogens (tertiary/aromatic N) is 1. The Balaban J connectivity index is 2.87. The van der Waals surface area contributed by atoms with Gasteiger partial charge in [-0.15, -0.1) is 0 Å². The minimum atomic E-state index is 0.293. The van der Waals surface area contributed by atoms with Crippen LogP contribution >= 0.6 is 0 Å². The molecule has 0 spiro atoms. The van der Waals surface area contributed by atoms with Crippen LogP contribution in [0, 0.1) is 5.41 Å². The lowest BCUT2D eigenvalue weighted by Gasteiger charge is -2.19. The van der Waals surface area contributed by atoms with Gasteiger partial charge in [0.2, 0.25) is 5.75 Å². The first-order valence-electron chi connectivity index (χ1n) is 8.65. The van der Waals surface area contributed by atoms with Gasteiger partial charge >= 0.3 is 0 Å². The van der Waals surface area contributed by atoms with Gasteiger partial charge in [-0.2, -0.15) is 0 Å². The van der Waals surface area contributed by atoms with Crippen LogP contribution < -0.4 is 24.8 Å². The molecule has 1 aromatic carbocycles. The second-order valence-corrected chi connectivity index (χ2v) is 6.97. The van der Waals surface area contributed by atoms with Crippen LogP contribution in [0.25, 0.3) is 0 Å². The van der Waals surface area contributed by atoms with Gasteiger partial charge in [0.15, 0.2) is 17.5 Å². The fourth-order valence-electron chi connectivity index (χ4n) is 2.29. The van der Waals surface area contributed by atoms with Gasteiger partial charge in [0.25, 0.3) is 0 Å². The SMILES string of the molecule is CCNC(=NCc1cc(OC)c(OC)c(OC)c1)NCCC(C)(C)C. The molecule has 0 radical (unpaired) electrons. The van der Waals surface area contributed by atoms with Crippen LogP contribution in [-0.2, 0) is 6.54 Å². The number of guanidine groups is 1. The van der Waals surface area contributed by atoms with Crippen molar-refractivity contribution in [1.29, 1.82) is 0 Å². The van der Waals surface area contributed by atoms with Crippen LogP contribution in [0.3, 0.4) is 0 Å². The van der Waals surface area contributed by atoms with E-state index < -0.39 is 0 Å². The van der Waals surface area contributed by atoms with Crippen molar-refractivity contribution < 1.29 is 14.2 Å². The average molecular weight is 351 g/mol. The molecule has 0 aromatic heterocycles. The third-order valence-corrected chi connectivity index (χ3v) is 3.66. The van der Waals surface area contributed by atoms with Crippen molar-refractivity contribution >= 4 is 5.96 Å². The first kappa shape index (κ1) is 20.9. The average Bonchev–Trinajstić information content (AvgIpc) is 2.57. The molecule has 0 bridgehead atoms. The van der Waals surface area contributed by atoms with Crippen LogP contribution in [0.15, 0.2) is 17.1 Å². The lowest BCUT2D eigenvalue weighted by atomic mass is 9.92. The van der Waals surface area contributed by atoms with Gasteiger partial charge in [0.1, 0.15) is 0 Å². The number of nitrogens with one attached hydrogen (secondary N) is 2. The standard InChI is InChI=1S/C19H33N3O3/c1-8-20-18(21-10-9-19(2,3)4)22-13-14-11-15(23-5)17(25-7)16(12-14)24-6/h11-12H,8-10,13H2,1-7H3,(H2,20,21,22). The third kappa shape index (κ3) is 7.11. The maximum absolute atomic E-state index is 5.39. The second-order valence-electron chi connectivity index (χ2n) is 6.97. The van der Waals surface area contributed by atoms with Crippen LogP contribution in [-0.4, -0.2) is 40.4 Å². The predicted octanol–water partition coefficient (Wildman–Crippen LogP) is 3.20. The van der Waals surface area contributed by atoms with E-state index >= 15 is 0 Å². The van der Waals surface area contributed by atoms with Crippen molar-refractivity contribution in [2.45, 2.75) is 40.7 Å². The van der Waals surface area contributed by atoms with Crippen molar-refractivity contribution in [2.24, 2.45) is 10.4 Å².